The van der Waals surface area contributed by atoms with E-state index < -0.39 is 9.84 Å². The highest BCUT2D eigenvalue weighted by molar-refractivity contribution is 7.89. The molecule has 2 rings (SSSR count). The second kappa shape index (κ2) is 6.50. The smallest absolute Gasteiger partial charge is 0.158 e. The lowest BCUT2D eigenvalue weighted by Gasteiger charge is -2.10. The van der Waals surface area contributed by atoms with Crippen LogP contribution in [0.15, 0.2) is 42.5 Å². The van der Waals surface area contributed by atoms with Crippen molar-refractivity contribution < 1.29 is 13.2 Å². The van der Waals surface area contributed by atoms with Crippen LogP contribution in [0.4, 0.5) is 0 Å². The molecule has 0 saturated carbocycles. The van der Waals surface area contributed by atoms with Crippen molar-refractivity contribution in [2.45, 2.75) is 18.4 Å². The number of halogens is 1. The Balaban J connectivity index is 2.23. The molecule has 0 aliphatic rings. The van der Waals surface area contributed by atoms with Gasteiger partial charge in [0.2, 0.25) is 0 Å². The zero-order valence-electron chi connectivity index (χ0n) is 12.0. The first-order valence-electron chi connectivity index (χ1n) is 6.48. The van der Waals surface area contributed by atoms with E-state index >= 15 is 0 Å². The summed E-state index contributed by atoms with van der Waals surface area (Å²) in [4.78, 5) is 0. The predicted octanol–water partition coefficient (Wildman–Crippen LogP) is 3.77. The minimum absolute atomic E-state index is 0.00431. The van der Waals surface area contributed by atoms with Crippen molar-refractivity contribution in [2.24, 2.45) is 0 Å². The summed E-state index contributed by atoms with van der Waals surface area (Å²) < 4.78 is 29.9. The van der Waals surface area contributed by atoms with E-state index in [9.17, 15) is 8.42 Å². The molecule has 0 N–H and O–H groups in total. The maximum absolute atomic E-state index is 12.4. The van der Waals surface area contributed by atoms with Gasteiger partial charge in [0.25, 0.3) is 0 Å². The fourth-order valence-electron chi connectivity index (χ4n) is 2.20. The van der Waals surface area contributed by atoms with Gasteiger partial charge in [0.1, 0.15) is 5.75 Å². The van der Waals surface area contributed by atoms with Gasteiger partial charge in [-0.1, -0.05) is 41.4 Å². The Hall–Kier alpha value is -1.52. The lowest BCUT2D eigenvalue weighted by molar-refractivity contribution is 0.411. The normalized spacial score (nSPS) is 11.4. The van der Waals surface area contributed by atoms with Gasteiger partial charge in [0, 0.05) is 10.6 Å². The summed E-state index contributed by atoms with van der Waals surface area (Å²) in [5.74, 6) is 0.446. The maximum Gasteiger partial charge on any atom is 0.158 e. The van der Waals surface area contributed by atoms with E-state index in [2.05, 4.69) is 0 Å². The minimum atomic E-state index is -3.29. The van der Waals surface area contributed by atoms with E-state index in [0.717, 1.165) is 11.1 Å². The lowest BCUT2D eigenvalue weighted by atomic mass is 10.2. The molecular formula is C16H17ClO3S. The molecule has 0 unspecified atom stereocenters. The Morgan fingerprint density at radius 2 is 1.86 bits per heavy atom. The SMILES string of the molecule is COc1ccc(Cl)cc1CS(=O)(=O)Cc1cccc(C)c1. The van der Waals surface area contributed by atoms with Gasteiger partial charge < -0.3 is 4.74 Å². The Morgan fingerprint density at radius 1 is 1.10 bits per heavy atom. The maximum atomic E-state index is 12.4. The topological polar surface area (TPSA) is 43.4 Å². The molecule has 3 nitrogen and oxygen atoms in total. The van der Waals surface area contributed by atoms with Gasteiger partial charge in [0.05, 0.1) is 18.6 Å². The van der Waals surface area contributed by atoms with Gasteiger partial charge in [0.15, 0.2) is 9.84 Å². The number of sulfone groups is 1. The highest BCUT2D eigenvalue weighted by Gasteiger charge is 2.16. The summed E-state index contributed by atoms with van der Waals surface area (Å²) in [5, 5.41) is 0.497. The average Bonchev–Trinajstić information content (AvgIpc) is 2.37. The third kappa shape index (κ3) is 4.48. The number of ether oxygens (including phenoxy) is 1. The van der Waals surface area contributed by atoms with Crippen LogP contribution in [-0.2, 0) is 21.3 Å². The van der Waals surface area contributed by atoms with Crippen LogP contribution in [0, 0.1) is 6.92 Å². The van der Waals surface area contributed by atoms with Crippen molar-refractivity contribution in [3.63, 3.8) is 0 Å². The first-order chi connectivity index (χ1) is 9.89. The second-order valence-corrected chi connectivity index (χ2v) is 7.48. The molecule has 0 aliphatic carbocycles. The molecule has 0 aliphatic heterocycles. The fraction of sp³-hybridized carbons (Fsp3) is 0.250. The third-order valence-corrected chi connectivity index (χ3v) is 4.85. The van der Waals surface area contributed by atoms with Gasteiger partial charge >= 0.3 is 0 Å². The van der Waals surface area contributed by atoms with E-state index in [0.29, 0.717) is 16.3 Å². The van der Waals surface area contributed by atoms with Gasteiger partial charge in [-0.3, -0.25) is 0 Å². The average molecular weight is 325 g/mol. The molecule has 2 aromatic carbocycles. The molecule has 21 heavy (non-hydrogen) atoms. The molecule has 0 atom stereocenters. The van der Waals surface area contributed by atoms with Crippen molar-refractivity contribution in [3.05, 3.63) is 64.2 Å². The van der Waals surface area contributed by atoms with Crippen LogP contribution in [0.3, 0.4) is 0 Å². The number of benzene rings is 2. The van der Waals surface area contributed by atoms with Crippen LogP contribution in [0.1, 0.15) is 16.7 Å². The molecule has 0 heterocycles. The molecule has 112 valence electrons. The van der Waals surface area contributed by atoms with E-state index in [4.69, 9.17) is 16.3 Å². The quantitative estimate of drug-likeness (QED) is 0.840. The molecular weight excluding hydrogens is 308 g/mol. The Labute approximate surface area is 130 Å². The zero-order valence-corrected chi connectivity index (χ0v) is 13.5. The van der Waals surface area contributed by atoms with Crippen LogP contribution in [0.5, 0.6) is 5.75 Å². The Kier molecular flexibility index (Phi) is 4.91. The van der Waals surface area contributed by atoms with Gasteiger partial charge in [-0.25, -0.2) is 8.42 Å². The van der Waals surface area contributed by atoms with Crippen molar-refractivity contribution in [3.8, 4) is 5.75 Å². The Bertz CT molecular complexity index is 739. The van der Waals surface area contributed by atoms with E-state index in [1.54, 1.807) is 18.2 Å². The summed E-state index contributed by atoms with van der Waals surface area (Å²) in [5.41, 5.74) is 2.41. The Morgan fingerprint density at radius 3 is 2.52 bits per heavy atom. The standard InChI is InChI=1S/C16H17ClO3S/c1-12-4-3-5-13(8-12)10-21(18,19)11-14-9-15(17)6-7-16(14)20-2/h3-9H,10-11H2,1-2H3. The highest BCUT2D eigenvalue weighted by atomic mass is 35.5. The van der Waals surface area contributed by atoms with Crippen LogP contribution in [0.25, 0.3) is 0 Å². The number of hydrogen-bond acceptors (Lipinski definition) is 3. The number of methoxy groups -OCH3 is 1. The number of aryl methyl sites for hydroxylation is 1. The van der Waals surface area contributed by atoms with Crippen molar-refractivity contribution in [1.29, 1.82) is 0 Å². The van der Waals surface area contributed by atoms with Gasteiger partial charge in [-0.05, 0) is 30.7 Å². The molecule has 0 bridgehead atoms. The highest BCUT2D eigenvalue weighted by Crippen LogP contribution is 2.25. The van der Waals surface area contributed by atoms with Crippen LogP contribution in [0.2, 0.25) is 5.02 Å². The molecule has 0 radical (unpaired) electrons. The van der Waals surface area contributed by atoms with Crippen molar-refractivity contribution in [2.75, 3.05) is 7.11 Å². The summed E-state index contributed by atoms with van der Waals surface area (Å²) >= 11 is 5.93. The molecule has 2 aromatic rings. The molecule has 0 fully saturated rings. The number of rotatable bonds is 5. The molecule has 5 heteroatoms. The lowest BCUT2D eigenvalue weighted by Crippen LogP contribution is -2.08. The predicted molar refractivity (Wildman–Crippen MR) is 85.5 cm³/mol. The van der Waals surface area contributed by atoms with E-state index in [1.807, 2.05) is 31.2 Å². The number of hydrogen-bond donors (Lipinski definition) is 0. The zero-order chi connectivity index (χ0) is 15.5. The minimum Gasteiger partial charge on any atom is -0.496 e. The monoisotopic (exact) mass is 324 g/mol. The molecule has 0 saturated heterocycles. The third-order valence-electron chi connectivity index (χ3n) is 3.09. The van der Waals surface area contributed by atoms with Crippen molar-refractivity contribution in [1.82, 2.24) is 0 Å². The summed E-state index contributed by atoms with van der Waals surface area (Å²) in [7, 11) is -1.78. The van der Waals surface area contributed by atoms with Crippen LogP contribution in [-0.4, -0.2) is 15.5 Å². The van der Waals surface area contributed by atoms with Gasteiger partial charge in [-0.2, -0.15) is 0 Å². The molecule has 0 aromatic heterocycles. The first-order valence-corrected chi connectivity index (χ1v) is 8.68. The van der Waals surface area contributed by atoms with Crippen LogP contribution < -0.4 is 4.74 Å². The fourth-order valence-corrected chi connectivity index (χ4v) is 3.89. The second-order valence-electron chi connectivity index (χ2n) is 4.98. The first kappa shape index (κ1) is 15.9. The summed E-state index contributed by atoms with van der Waals surface area (Å²) in [6, 6.07) is 12.5. The van der Waals surface area contributed by atoms with E-state index in [1.165, 1.54) is 7.11 Å². The largest absolute Gasteiger partial charge is 0.496 e. The summed E-state index contributed by atoms with van der Waals surface area (Å²) in [6.45, 7) is 1.94. The van der Waals surface area contributed by atoms with Crippen molar-refractivity contribution >= 4 is 21.4 Å². The molecule has 0 spiro atoms. The van der Waals surface area contributed by atoms with E-state index in [-0.39, 0.29) is 11.5 Å². The van der Waals surface area contributed by atoms with Crippen LogP contribution >= 0.6 is 11.6 Å². The summed E-state index contributed by atoms with van der Waals surface area (Å²) in [6.07, 6.45) is 0. The van der Waals surface area contributed by atoms with Gasteiger partial charge in [-0.15, -0.1) is 0 Å². The molecule has 0 amide bonds.